The van der Waals surface area contributed by atoms with Gasteiger partial charge in [0.15, 0.2) is 0 Å². The van der Waals surface area contributed by atoms with Crippen molar-refractivity contribution in [2.45, 2.75) is 25.7 Å². The third-order valence-corrected chi connectivity index (χ3v) is 4.38. The Hall–Kier alpha value is -2.37. The number of aryl methyl sites for hydroxylation is 1. The van der Waals surface area contributed by atoms with E-state index >= 15 is 0 Å². The first-order valence-electron chi connectivity index (χ1n) is 9.46. The molecule has 0 fully saturated rings. The van der Waals surface area contributed by atoms with Gasteiger partial charge in [0.2, 0.25) is 0 Å². The van der Waals surface area contributed by atoms with Gasteiger partial charge in [-0.25, -0.2) is 0 Å². The van der Waals surface area contributed by atoms with Crippen LogP contribution in [0, 0.1) is 5.92 Å². The minimum absolute atomic E-state index is 0.0661. The van der Waals surface area contributed by atoms with Crippen LogP contribution < -0.4 is 10.1 Å². The van der Waals surface area contributed by atoms with Crippen LogP contribution >= 0.6 is 0 Å². The highest BCUT2D eigenvalue weighted by atomic mass is 16.5. The number of ether oxygens (including phenoxy) is 1. The van der Waals surface area contributed by atoms with Crippen molar-refractivity contribution in [2.24, 2.45) is 5.92 Å². The van der Waals surface area contributed by atoms with Crippen molar-refractivity contribution in [3.05, 3.63) is 65.7 Å². The monoisotopic (exact) mass is 371 g/mol. The number of aliphatic carboxylic acids is 1. The highest BCUT2D eigenvalue weighted by molar-refractivity contribution is 5.66. The standard InChI is InChI=1S/C22H29NO4/c24-17-20(16-23-13-12-22(25)26)15-19-8-10-21(11-9-19)27-14-4-7-18-5-2-1-3-6-18/h1-3,5-6,8-11,20,23-24H,4,7,12-17H2,(H,25,26). The maximum absolute atomic E-state index is 10.5. The van der Waals surface area contributed by atoms with Crippen molar-refractivity contribution in [3.8, 4) is 5.75 Å². The molecule has 0 spiro atoms. The molecule has 146 valence electrons. The van der Waals surface area contributed by atoms with E-state index in [9.17, 15) is 9.90 Å². The quantitative estimate of drug-likeness (QED) is 0.472. The van der Waals surface area contributed by atoms with Gasteiger partial charge in [0, 0.05) is 19.7 Å². The molecule has 0 aliphatic heterocycles. The van der Waals surface area contributed by atoms with Crippen LogP contribution in [-0.2, 0) is 17.6 Å². The average molecular weight is 371 g/mol. The fraction of sp³-hybridized carbons (Fsp3) is 0.409. The van der Waals surface area contributed by atoms with Crippen LogP contribution in [0.2, 0.25) is 0 Å². The topological polar surface area (TPSA) is 78.8 Å². The number of carbonyl (C=O) groups is 1. The molecule has 2 aromatic rings. The molecule has 0 heterocycles. The maximum Gasteiger partial charge on any atom is 0.304 e. The molecule has 0 amide bonds. The lowest BCUT2D eigenvalue weighted by molar-refractivity contribution is -0.136. The average Bonchev–Trinajstić information content (AvgIpc) is 2.69. The number of benzene rings is 2. The summed E-state index contributed by atoms with van der Waals surface area (Å²) < 4.78 is 5.80. The summed E-state index contributed by atoms with van der Waals surface area (Å²) in [6, 6.07) is 18.3. The minimum atomic E-state index is -0.817. The van der Waals surface area contributed by atoms with Crippen molar-refractivity contribution >= 4 is 5.97 Å². The third-order valence-electron chi connectivity index (χ3n) is 4.38. The number of rotatable bonds is 13. The van der Waals surface area contributed by atoms with Crippen molar-refractivity contribution in [1.82, 2.24) is 5.32 Å². The molecular formula is C22H29NO4. The van der Waals surface area contributed by atoms with Crippen molar-refractivity contribution in [3.63, 3.8) is 0 Å². The van der Waals surface area contributed by atoms with Crippen molar-refractivity contribution in [2.75, 3.05) is 26.3 Å². The Kier molecular flexibility index (Phi) is 9.38. The Morgan fingerprint density at radius 1 is 1.04 bits per heavy atom. The van der Waals surface area contributed by atoms with Gasteiger partial charge in [0.1, 0.15) is 5.75 Å². The summed E-state index contributed by atoms with van der Waals surface area (Å²) in [6.45, 7) is 1.77. The first kappa shape index (κ1) is 20.9. The molecule has 0 saturated heterocycles. The molecule has 0 radical (unpaired) electrons. The molecular weight excluding hydrogens is 342 g/mol. The van der Waals surface area contributed by atoms with Crippen LogP contribution in [0.4, 0.5) is 0 Å². The molecule has 27 heavy (non-hydrogen) atoms. The third kappa shape index (κ3) is 8.71. The molecule has 2 rings (SSSR count). The SMILES string of the molecule is O=C(O)CCNCC(CO)Cc1ccc(OCCCc2ccccc2)cc1. The molecule has 1 atom stereocenters. The van der Waals surface area contributed by atoms with Gasteiger partial charge >= 0.3 is 5.97 Å². The van der Waals surface area contributed by atoms with E-state index in [1.54, 1.807) is 0 Å². The van der Waals surface area contributed by atoms with Crippen LogP contribution in [0.3, 0.4) is 0 Å². The van der Waals surface area contributed by atoms with E-state index < -0.39 is 5.97 Å². The van der Waals surface area contributed by atoms with Gasteiger partial charge in [0.05, 0.1) is 13.0 Å². The van der Waals surface area contributed by atoms with Gasteiger partial charge in [-0.15, -0.1) is 0 Å². The molecule has 3 N–H and O–H groups in total. The van der Waals surface area contributed by atoms with Crippen molar-refractivity contribution in [1.29, 1.82) is 0 Å². The summed E-state index contributed by atoms with van der Waals surface area (Å²) in [4.78, 5) is 10.5. The normalized spacial score (nSPS) is 11.9. The number of nitrogens with one attached hydrogen (secondary N) is 1. The number of carboxylic acids is 1. The lowest BCUT2D eigenvalue weighted by Gasteiger charge is -2.15. The van der Waals surface area contributed by atoms with Crippen LogP contribution in [0.1, 0.15) is 24.0 Å². The predicted molar refractivity (Wildman–Crippen MR) is 106 cm³/mol. The second kappa shape index (κ2) is 12.1. The Balaban J connectivity index is 1.67. The zero-order valence-corrected chi connectivity index (χ0v) is 15.6. The Morgan fingerprint density at radius 3 is 2.44 bits per heavy atom. The fourth-order valence-electron chi connectivity index (χ4n) is 2.87. The maximum atomic E-state index is 10.5. The molecule has 0 aliphatic rings. The van der Waals surface area contributed by atoms with E-state index in [1.165, 1.54) is 5.56 Å². The molecule has 0 aliphatic carbocycles. The number of hydrogen-bond donors (Lipinski definition) is 3. The molecule has 5 heteroatoms. The summed E-state index contributed by atoms with van der Waals surface area (Å²) in [5, 5.41) is 21.2. The zero-order chi connectivity index (χ0) is 19.3. The van der Waals surface area contributed by atoms with Gasteiger partial charge in [-0.3, -0.25) is 4.79 Å². The number of aliphatic hydroxyl groups excluding tert-OH is 1. The highest BCUT2D eigenvalue weighted by Crippen LogP contribution is 2.15. The second-order valence-corrected chi connectivity index (χ2v) is 6.68. The number of hydrogen-bond acceptors (Lipinski definition) is 4. The van der Waals surface area contributed by atoms with Crippen LogP contribution in [0.15, 0.2) is 54.6 Å². The van der Waals surface area contributed by atoms with Gasteiger partial charge in [0.25, 0.3) is 0 Å². The summed E-state index contributed by atoms with van der Waals surface area (Å²) in [6.07, 6.45) is 2.81. The van der Waals surface area contributed by atoms with E-state index in [-0.39, 0.29) is 18.9 Å². The van der Waals surface area contributed by atoms with Gasteiger partial charge in [-0.05, 0) is 48.4 Å². The second-order valence-electron chi connectivity index (χ2n) is 6.68. The lowest BCUT2D eigenvalue weighted by atomic mass is 10.00. The van der Waals surface area contributed by atoms with E-state index in [0.717, 1.165) is 30.6 Å². The zero-order valence-electron chi connectivity index (χ0n) is 15.6. The first-order chi connectivity index (χ1) is 13.2. The first-order valence-corrected chi connectivity index (χ1v) is 9.46. The molecule has 5 nitrogen and oxygen atoms in total. The number of aliphatic hydroxyl groups is 1. The predicted octanol–water partition coefficient (Wildman–Crippen LogP) is 2.91. The molecule has 0 bridgehead atoms. The van der Waals surface area contributed by atoms with E-state index in [2.05, 4.69) is 29.6 Å². The Morgan fingerprint density at radius 2 is 1.78 bits per heavy atom. The molecule has 0 aromatic heterocycles. The summed E-state index contributed by atoms with van der Waals surface area (Å²) in [5.41, 5.74) is 2.45. The highest BCUT2D eigenvalue weighted by Gasteiger charge is 2.09. The minimum Gasteiger partial charge on any atom is -0.494 e. The van der Waals surface area contributed by atoms with E-state index in [0.29, 0.717) is 19.7 Å². The van der Waals surface area contributed by atoms with Gasteiger partial charge in [-0.2, -0.15) is 0 Å². The summed E-state index contributed by atoms with van der Waals surface area (Å²) in [7, 11) is 0. The van der Waals surface area contributed by atoms with E-state index in [1.807, 2.05) is 30.3 Å². The Labute approximate surface area is 161 Å². The summed E-state index contributed by atoms with van der Waals surface area (Å²) >= 11 is 0. The van der Waals surface area contributed by atoms with Crippen LogP contribution in [-0.4, -0.2) is 42.5 Å². The van der Waals surface area contributed by atoms with Crippen LogP contribution in [0.5, 0.6) is 5.75 Å². The number of carboxylic acid groups (broad SMARTS) is 1. The summed E-state index contributed by atoms with van der Waals surface area (Å²) in [5.74, 6) is 0.103. The Bertz CT molecular complexity index is 658. The molecule has 2 aromatic carbocycles. The molecule has 0 saturated carbocycles. The fourth-order valence-corrected chi connectivity index (χ4v) is 2.87. The lowest BCUT2D eigenvalue weighted by Crippen LogP contribution is -2.28. The van der Waals surface area contributed by atoms with E-state index in [4.69, 9.17) is 9.84 Å². The van der Waals surface area contributed by atoms with Crippen LogP contribution in [0.25, 0.3) is 0 Å². The molecule has 1 unspecified atom stereocenters. The van der Waals surface area contributed by atoms with Gasteiger partial charge in [-0.1, -0.05) is 42.5 Å². The smallest absolute Gasteiger partial charge is 0.304 e. The van der Waals surface area contributed by atoms with Crippen molar-refractivity contribution < 1.29 is 19.7 Å². The van der Waals surface area contributed by atoms with Gasteiger partial charge < -0.3 is 20.3 Å². The largest absolute Gasteiger partial charge is 0.494 e.